The van der Waals surface area contributed by atoms with Gasteiger partial charge < -0.3 is 14.4 Å². The first kappa shape index (κ1) is 14.1. The lowest BCUT2D eigenvalue weighted by Crippen LogP contribution is -2.46. The van der Waals surface area contributed by atoms with Crippen LogP contribution in [0.25, 0.3) is 0 Å². The number of para-hydroxylation sites is 2. The molecule has 0 saturated carbocycles. The van der Waals surface area contributed by atoms with E-state index in [9.17, 15) is 4.79 Å². The predicted molar refractivity (Wildman–Crippen MR) is 84.3 cm³/mol. The maximum Gasteiger partial charge on any atom is 0.267 e. The number of amides is 1. The number of fused-ring (bicyclic) bond motifs is 1. The molecule has 2 aliphatic rings. The van der Waals surface area contributed by atoms with Gasteiger partial charge in [-0.1, -0.05) is 12.1 Å². The topological polar surface area (TPSA) is 51.7 Å². The van der Waals surface area contributed by atoms with E-state index >= 15 is 0 Å². The number of nitrogens with zero attached hydrogens (tertiary/aromatic N) is 2. The van der Waals surface area contributed by atoms with Gasteiger partial charge in [0.05, 0.1) is 6.04 Å². The van der Waals surface area contributed by atoms with Gasteiger partial charge in [0.2, 0.25) is 6.10 Å². The van der Waals surface area contributed by atoms with E-state index in [1.807, 2.05) is 41.3 Å². The third kappa shape index (κ3) is 2.63. The lowest BCUT2D eigenvalue weighted by molar-refractivity contribution is -0.142. The highest BCUT2D eigenvalue weighted by Crippen LogP contribution is 2.35. The SMILES string of the molecule is O=C(C1COc2ccccc2O1)N1CCCC1c1ccncc1. The van der Waals surface area contributed by atoms with Crippen molar-refractivity contribution in [3.05, 3.63) is 54.4 Å². The van der Waals surface area contributed by atoms with E-state index in [1.165, 1.54) is 0 Å². The smallest absolute Gasteiger partial charge is 0.267 e. The molecule has 0 bridgehead atoms. The number of likely N-dealkylation sites (tertiary alicyclic amines) is 1. The van der Waals surface area contributed by atoms with Crippen LogP contribution in [0.3, 0.4) is 0 Å². The Morgan fingerprint density at radius 3 is 2.74 bits per heavy atom. The van der Waals surface area contributed by atoms with Crippen LogP contribution in [0.1, 0.15) is 24.4 Å². The summed E-state index contributed by atoms with van der Waals surface area (Å²) in [6, 6.07) is 11.5. The van der Waals surface area contributed by atoms with Crippen molar-refractivity contribution in [3.63, 3.8) is 0 Å². The van der Waals surface area contributed by atoms with Gasteiger partial charge in [0.25, 0.3) is 5.91 Å². The van der Waals surface area contributed by atoms with Crippen LogP contribution in [0.15, 0.2) is 48.8 Å². The average molecular weight is 310 g/mol. The maximum atomic E-state index is 12.9. The summed E-state index contributed by atoms with van der Waals surface area (Å²) >= 11 is 0. The van der Waals surface area contributed by atoms with Gasteiger partial charge in [-0.25, -0.2) is 0 Å². The zero-order chi connectivity index (χ0) is 15.6. The van der Waals surface area contributed by atoms with E-state index in [-0.39, 0.29) is 18.6 Å². The number of aromatic nitrogens is 1. The molecule has 2 aliphatic heterocycles. The van der Waals surface area contributed by atoms with Gasteiger partial charge in [-0.05, 0) is 42.7 Å². The fraction of sp³-hybridized carbons (Fsp3) is 0.333. The maximum absolute atomic E-state index is 12.9. The third-order valence-corrected chi connectivity index (χ3v) is 4.41. The minimum absolute atomic E-state index is 0.00110. The van der Waals surface area contributed by atoms with E-state index in [4.69, 9.17) is 9.47 Å². The summed E-state index contributed by atoms with van der Waals surface area (Å²) in [5, 5.41) is 0. The minimum atomic E-state index is -0.577. The Labute approximate surface area is 134 Å². The molecule has 0 radical (unpaired) electrons. The van der Waals surface area contributed by atoms with Crippen molar-refractivity contribution in [3.8, 4) is 11.5 Å². The molecule has 1 saturated heterocycles. The number of carbonyl (C=O) groups excluding carboxylic acids is 1. The molecule has 23 heavy (non-hydrogen) atoms. The summed E-state index contributed by atoms with van der Waals surface area (Å²) < 4.78 is 11.5. The molecule has 1 aromatic heterocycles. The van der Waals surface area contributed by atoms with Crippen molar-refractivity contribution in [2.24, 2.45) is 0 Å². The van der Waals surface area contributed by atoms with Crippen LogP contribution in [0, 0.1) is 0 Å². The molecule has 2 atom stereocenters. The minimum Gasteiger partial charge on any atom is -0.485 e. The fourth-order valence-electron chi connectivity index (χ4n) is 3.29. The van der Waals surface area contributed by atoms with Gasteiger partial charge in [0, 0.05) is 18.9 Å². The summed E-state index contributed by atoms with van der Waals surface area (Å²) in [4.78, 5) is 18.9. The summed E-state index contributed by atoms with van der Waals surface area (Å²) in [7, 11) is 0. The molecular weight excluding hydrogens is 292 g/mol. The number of ether oxygens (including phenoxy) is 2. The first-order chi connectivity index (χ1) is 11.3. The number of rotatable bonds is 2. The van der Waals surface area contributed by atoms with Crippen molar-refractivity contribution in [2.75, 3.05) is 13.2 Å². The van der Waals surface area contributed by atoms with Crippen molar-refractivity contribution in [1.29, 1.82) is 0 Å². The van der Waals surface area contributed by atoms with Gasteiger partial charge in [0.15, 0.2) is 11.5 Å². The van der Waals surface area contributed by atoms with E-state index < -0.39 is 6.10 Å². The Morgan fingerprint density at radius 2 is 1.91 bits per heavy atom. The number of pyridine rings is 1. The van der Waals surface area contributed by atoms with Crippen LogP contribution >= 0.6 is 0 Å². The molecular formula is C18H18N2O3. The van der Waals surface area contributed by atoms with Crippen LogP contribution < -0.4 is 9.47 Å². The molecule has 5 heteroatoms. The van der Waals surface area contributed by atoms with E-state index in [1.54, 1.807) is 12.4 Å². The summed E-state index contributed by atoms with van der Waals surface area (Å²) in [6.07, 6.45) is 4.94. The van der Waals surface area contributed by atoms with Gasteiger partial charge >= 0.3 is 0 Å². The Kier molecular flexibility index (Phi) is 3.61. The molecule has 4 rings (SSSR count). The lowest BCUT2D eigenvalue weighted by atomic mass is 10.1. The monoisotopic (exact) mass is 310 g/mol. The van der Waals surface area contributed by atoms with Crippen LogP contribution in [0.4, 0.5) is 0 Å². The highest BCUT2D eigenvalue weighted by molar-refractivity contribution is 5.82. The van der Waals surface area contributed by atoms with Crippen LogP contribution in [-0.2, 0) is 4.79 Å². The van der Waals surface area contributed by atoms with Gasteiger partial charge in [0.1, 0.15) is 6.61 Å². The standard InChI is InChI=1S/C18H18N2O3/c21-18(17-12-22-15-5-1-2-6-16(15)23-17)20-11-3-4-14(20)13-7-9-19-10-8-13/h1-2,5-10,14,17H,3-4,11-12H2. The third-order valence-electron chi connectivity index (χ3n) is 4.41. The van der Waals surface area contributed by atoms with E-state index in [0.29, 0.717) is 11.5 Å². The quantitative estimate of drug-likeness (QED) is 0.855. The van der Waals surface area contributed by atoms with Crippen LogP contribution in [0.2, 0.25) is 0 Å². The van der Waals surface area contributed by atoms with Crippen LogP contribution in [0.5, 0.6) is 11.5 Å². The van der Waals surface area contributed by atoms with E-state index in [0.717, 1.165) is 24.9 Å². The second-order valence-corrected chi connectivity index (χ2v) is 5.83. The fourth-order valence-corrected chi connectivity index (χ4v) is 3.29. The zero-order valence-electron chi connectivity index (χ0n) is 12.7. The average Bonchev–Trinajstić information content (AvgIpc) is 3.11. The number of hydrogen-bond donors (Lipinski definition) is 0. The van der Waals surface area contributed by atoms with Crippen LogP contribution in [-0.4, -0.2) is 35.0 Å². The molecule has 0 aliphatic carbocycles. The Bertz CT molecular complexity index is 704. The van der Waals surface area contributed by atoms with Crippen molar-refractivity contribution < 1.29 is 14.3 Å². The molecule has 0 N–H and O–H groups in total. The lowest BCUT2D eigenvalue weighted by Gasteiger charge is -2.31. The second kappa shape index (κ2) is 5.91. The Morgan fingerprint density at radius 1 is 1.13 bits per heavy atom. The molecule has 2 unspecified atom stereocenters. The van der Waals surface area contributed by atoms with Crippen molar-refractivity contribution >= 4 is 5.91 Å². The van der Waals surface area contributed by atoms with Gasteiger partial charge in [-0.15, -0.1) is 0 Å². The molecule has 1 amide bonds. The largest absolute Gasteiger partial charge is 0.485 e. The second-order valence-electron chi connectivity index (χ2n) is 5.83. The Balaban J connectivity index is 1.53. The van der Waals surface area contributed by atoms with Crippen molar-refractivity contribution in [1.82, 2.24) is 9.88 Å². The first-order valence-corrected chi connectivity index (χ1v) is 7.92. The van der Waals surface area contributed by atoms with Gasteiger partial charge in [-0.3, -0.25) is 9.78 Å². The molecule has 1 fully saturated rings. The number of hydrogen-bond acceptors (Lipinski definition) is 4. The molecule has 1 aromatic carbocycles. The Hall–Kier alpha value is -2.56. The highest BCUT2D eigenvalue weighted by atomic mass is 16.6. The van der Waals surface area contributed by atoms with Crippen molar-refractivity contribution in [2.45, 2.75) is 25.0 Å². The molecule has 118 valence electrons. The molecule has 5 nitrogen and oxygen atoms in total. The zero-order valence-corrected chi connectivity index (χ0v) is 12.7. The molecule has 2 aromatic rings. The van der Waals surface area contributed by atoms with E-state index in [2.05, 4.69) is 4.98 Å². The summed E-state index contributed by atoms with van der Waals surface area (Å²) in [5.41, 5.74) is 1.13. The highest BCUT2D eigenvalue weighted by Gasteiger charge is 2.37. The van der Waals surface area contributed by atoms with Gasteiger partial charge in [-0.2, -0.15) is 0 Å². The summed E-state index contributed by atoms with van der Waals surface area (Å²) in [5.74, 6) is 1.33. The molecule has 3 heterocycles. The summed E-state index contributed by atoms with van der Waals surface area (Å²) in [6.45, 7) is 1.02. The normalized spacial score (nSPS) is 22.9. The first-order valence-electron chi connectivity index (χ1n) is 7.92. The number of benzene rings is 1. The predicted octanol–water partition coefficient (Wildman–Crippen LogP) is 2.59. The number of carbonyl (C=O) groups is 1. The molecule has 0 spiro atoms.